The second-order valence-electron chi connectivity index (χ2n) is 5.06. The Hall–Kier alpha value is -1.18. The van der Waals surface area contributed by atoms with E-state index in [0.29, 0.717) is 5.92 Å². The van der Waals surface area contributed by atoms with Gasteiger partial charge < -0.3 is 10.1 Å². The van der Waals surface area contributed by atoms with Crippen LogP contribution in [0.25, 0.3) is 0 Å². The fourth-order valence-electron chi connectivity index (χ4n) is 1.54. The van der Waals surface area contributed by atoms with Gasteiger partial charge in [0.1, 0.15) is 5.75 Å². The highest BCUT2D eigenvalue weighted by Gasteiger charge is 2.20. The Labute approximate surface area is 98.0 Å². The van der Waals surface area contributed by atoms with Gasteiger partial charge in [-0.05, 0) is 36.8 Å². The fraction of sp³-hybridized carbons (Fsp3) is 0.571. The summed E-state index contributed by atoms with van der Waals surface area (Å²) in [6.45, 7) is 6.21. The molecule has 1 aromatic rings. The molecule has 0 radical (unpaired) electrons. The van der Waals surface area contributed by atoms with Crippen molar-refractivity contribution < 1.29 is 4.74 Å². The molecule has 1 saturated carbocycles. The summed E-state index contributed by atoms with van der Waals surface area (Å²) < 4.78 is 5.69. The highest BCUT2D eigenvalue weighted by atomic mass is 16.5. The molecule has 0 unspecified atom stereocenters. The molecule has 1 aromatic carbocycles. The first-order chi connectivity index (χ1) is 7.74. The van der Waals surface area contributed by atoms with Gasteiger partial charge in [0.15, 0.2) is 0 Å². The molecule has 0 aliphatic heterocycles. The fourth-order valence-corrected chi connectivity index (χ4v) is 1.54. The van der Waals surface area contributed by atoms with Crippen molar-refractivity contribution in [2.75, 3.05) is 18.5 Å². The zero-order valence-electron chi connectivity index (χ0n) is 10.2. The van der Waals surface area contributed by atoms with Crippen molar-refractivity contribution in [1.29, 1.82) is 0 Å². The summed E-state index contributed by atoms with van der Waals surface area (Å²) in [6.07, 6.45) is 2.77. The summed E-state index contributed by atoms with van der Waals surface area (Å²) in [7, 11) is 0. The van der Waals surface area contributed by atoms with E-state index in [1.165, 1.54) is 18.5 Å². The van der Waals surface area contributed by atoms with Gasteiger partial charge in [0.25, 0.3) is 0 Å². The summed E-state index contributed by atoms with van der Waals surface area (Å²) >= 11 is 0. The SMILES string of the molecule is CC(C)COc1cccc(NCC2CC2)c1. The first-order valence-electron chi connectivity index (χ1n) is 6.21. The molecule has 1 fully saturated rings. The molecular weight excluding hydrogens is 198 g/mol. The van der Waals surface area contributed by atoms with Crippen molar-refractivity contribution in [3.05, 3.63) is 24.3 Å². The quantitative estimate of drug-likeness (QED) is 0.790. The van der Waals surface area contributed by atoms with Gasteiger partial charge >= 0.3 is 0 Å². The predicted octanol–water partition coefficient (Wildman–Crippen LogP) is 3.54. The third kappa shape index (κ3) is 3.76. The lowest BCUT2D eigenvalue weighted by molar-refractivity contribution is 0.271. The number of hydrogen-bond acceptors (Lipinski definition) is 2. The lowest BCUT2D eigenvalue weighted by Crippen LogP contribution is -2.06. The summed E-state index contributed by atoms with van der Waals surface area (Å²) in [5.74, 6) is 2.44. The topological polar surface area (TPSA) is 21.3 Å². The van der Waals surface area contributed by atoms with E-state index in [9.17, 15) is 0 Å². The van der Waals surface area contributed by atoms with Crippen molar-refractivity contribution in [1.82, 2.24) is 0 Å². The number of rotatable bonds is 6. The zero-order chi connectivity index (χ0) is 11.4. The maximum absolute atomic E-state index is 5.69. The Bertz CT molecular complexity index is 310. The standard InChI is InChI=1S/C14H21NO/c1-11(2)10-16-14-5-3-4-13(8-14)15-9-12-6-7-12/h3-5,8,11-12,15H,6-7,9-10H2,1-2H3. The van der Waals surface area contributed by atoms with Crippen LogP contribution in [0.15, 0.2) is 24.3 Å². The molecule has 0 amide bonds. The van der Waals surface area contributed by atoms with E-state index in [-0.39, 0.29) is 0 Å². The average Bonchev–Trinajstić information content (AvgIpc) is 3.08. The van der Waals surface area contributed by atoms with Crippen LogP contribution >= 0.6 is 0 Å². The number of benzene rings is 1. The van der Waals surface area contributed by atoms with Gasteiger partial charge in [-0.1, -0.05) is 19.9 Å². The number of hydrogen-bond donors (Lipinski definition) is 1. The molecule has 1 N–H and O–H groups in total. The van der Waals surface area contributed by atoms with Crippen LogP contribution in [-0.4, -0.2) is 13.2 Å². The molecule has 1 aliphatic rings. The third-order valence-corrected chi connectivity index (χ3v) is 2.71. The van der Waals surface area contributed by atoms with E-state index in [4.69, 9.17) is 4.74 Å². The van der Waals surface area contributed by atoms with Gasteiger partial charge in [0, 0.05) is 18.3 Å². The second-order valence-corrected chi connectivity index (χ2v) is 5.06. The monoisotopic (exact) mass is 219 g/mol. The van der Waals surface area contributed by atoms with Crippen LogP contribution in [-0.2, 0) is 0 Å². The van der Waals surface area contributed by atoms with Crippen LogP contribution in [0, 0.1) is 11.8 Å². The third-order valence-electron chi connectivity index (χ3n) is 2.71. The van der Waals surface area contributed by atoms with Crippen LogP contribution in [0.5, 0.6) is 5.75 Å². The molecule has 0 aromatic heterocycles. The van der Waals surface area contributed by atoms with Crippen molar-refractivity contribution in [3.63, 3.8) is 0 Å². The number of ether oxygens (including phenoxy) is 1. The Morgan fingerprint density at radius 2 is 2.19 bits per heavy atom. The van der Waals surface area contributed by atoms with Gasteiger partial charge in [-0.15, -0.1) is 0 Å². The molecule has 0 atom stereocenters. The van der Waals surface area contributed by atoms with Crippen LogP contribution in [0.2, 0.25) is 0 Å². The Balaban J connectivity index is 1.84. The van der Waals surface area contributed by atoms with Crippen LogP contribution in [0.1, 0.15) is 26.7 Å². The van der Waals surface area contributed by atoms with E-state index in [1.807, 2.05) is 12.1 Å². The smallest absolute Gasteiger partial charge is 0.121 e. The Kier molecular flexibility index (Phi) is 3.70. The molecule has 88 valence electrons. The van der Waals surface area contributed by atoms with Gasteiger partial charge in [-0.3, -0.25) is 0 Å². The maximum atomic E-state index is 5.69. The number of nitrogens with one attached hydrogen (secondary N) is 1. The van der Waals surface area contributed by atoms with E-state index in [1.54, 1.807) is 0 Å². The zero-order valence-corrected chi connectivity index (χ0v) is 10.2. The Morgan fingerprint density at radius 3 is 2.88 bits per heavy atom. The largest absolute Gasteiger partial charge is 0.493 e. The summed E-state index contributed by atoms with van der Waals surface area (Å²) in [5, 5.41) is 3.45. The maximum Gasteiger partial charge on any atom is 0.121 e. The summed E-state index contributed by atoms with van der Waals surface area (Å²) in [5.41, 5.74) is 1.17. The van der Waals surface area contributed by atoms with Crippen LogP contribution in [0.3, 0.4) is 0 Å². The average molecular weight is 219 g/mol. The van der Waals surface area contributed by atoms with Gasteiger partial charge in [-0.2, -0.15) is 0 Å². The van der Waals surface area contributed by atoms with E-state index in [2.05, 4.69) is 31.3 Å². The van der Waals surface area contributed by atoms with Crippen LogP contribution < -0.4 is 10.1 Å². The van der Waals surface area contributed by atoms with Gasteiger partial charge in [-0.25, -0.2) is 0 Å². The highest BCUT2D eigenvalue weighted by Crippen LogP contribution is 2.29. The number of anilines is 1. The molecule has 16 heavy (non-hydrogen) atoms. The molecule has 1 aliphatic carbocycles. The highest BCUT2D eigenvalue weighted by molar-refractivity contribution is 5.48. The second kappa shape index (κ2) is 5.24. The minimum absolute atomic E-state index is 0.572. The lowest BCUT2D eigenvalue weighted by atomic mass is 10.2. The van der Waals surface area contributed by atoms with E-state index >= 15 is 0 Å². The summed E-state index contributed by atoms with van der Waals surface area (Å²) in [6, 6.07) is 8.25. The molecule has 2 nitrogen and oxygen atoms in total. The molecular formula is C14H21NO. The van der Waals surface area contributed by atoms with E-state index in [0.717, 1.165) is 24.8 Å². The van der Waals surface area contributed by atoms with Crippen molar-refractivity contribution in [2.24, 2.45) is 11.8 Å². The normalized spacial score (nSPS) is 15.2. The molecule has 0 heterocycles. The van der Waals surface area contributed by atoms with Crippen LogP contribution in [0.4, 0.5) is 5.69 Å². The molecule has 2 rings (SSSR count). The van der Waals surface area contributed by atoms with Crippen molar-refractivity contribution in [2.45, 2.75) is 26.7 Å². The predicted molar refractivity (Wildman–Crippen MR) is 68.0 cm³/mol. The summed E-state index contributed by atoms with van der Waals surface area (Å²) in [4.78, 5) is 0. The van der Waals surface area contributed by atoms with Gasteiger partial charge in [0.05, 0.1) is 6.61 Å². The minimum atomic E-state index is 0.572. The minimum Gasteiger partial charge on any atom is -0.493 e. The molecule has 0 saturated heterocycles. The lowest BCUT2D eigenvalue weighted by Gasteiger charge is -2.11. The van der Waals surface area contributed by atoms with Gasteiger partial charge in [0.2, 0.25) is 0 Å². The van der Waals surface area contributed by atoms with Crippen molar-refractivity contribution >= 4 is 5.69 Å². The molecule has 0 bridgehead atoms. The van der Waals surface area contributed by atoms with E-state index < -0.39 is 0 Å². The molecule has 2 heteroatoms. The molecule has 0 spiro atoms. The Morgan fingerprint density at radius 1 is 1.38 bits per heavy atom. The first kappa shape index (κ1) is 11.3. The first-order valence-corrected chi connectivity index (χ1v) is 6.21. The van der Waals surface area contributed by atoms with Crippen molar-refractivity contribution in [3.8, 4) is 5.75 Å².